The number of hydrogen-bond acceptors (Lipinski definition) is 3. The number of hydrogen-bond donors (Lipinski definition) is 1. The number of carbonyl (C=O) groups is 1. The molecule has 6 heteroatoms. The maximum absolute atomic E-state index is 11.9. The number of aliphatic carboxylic acids is 1. The van der Waals surface area contributed by atoms with Gasteiger partial charge in [-0.15, -0.1) is 0 Å². The highest BCUT2D eigenvalue weighted by Gasteiger charge is 2.14. The lowest BCUT2D eigenvalue weighted by molar-refractivity contribution is -0.137. The first-order valence-corrected chi connectivity index (χ1v) is 3.54. The summed E-state index contributed by atoms with van der Waals surface area (Å²) in [6.07, 6.45) is -1.71. The van der Waals surface area contributed by atoms with Crippen molar-refractivity contribution in [2.45, 2.75) is 19.3 Å². The fraction of sp³-hybridized carbons (Fsp3) is 0.429. The molecule has 4 nitrogen and oxygen atoms in total. The monoisotopic (exact) mass is 191 g/mol. The van der Waals surface area contributed by atoms with E-state index < -0.39 is 18.3 Å². The molecule has 0 unspecified atom stereocenters. The fourth-order valence-corrected chi connectivity index (χ4v) is 0.769. The summed E-state index contributed by atoms with van der Waals surface area (Å²) in [6, 6.07) is 0. The van der Waals surface area contributed by atoms with Crippen molar-refractivity contribution in [1.29, 1.82) is 0 Å². The van der Waals surface area contributed by atoms with Crippen LogP contribution < -0.4 is 0 Å². The second-order valence-electron chi connectivity index (χ2n) is 2.36. The normalized spacial score (nSPS) is 10.7. The molecule has 0 amide bonds. The average Bonchev–Trinajstić information content (AvgIpc) is 2.48. The van der Waals surface area contributed by atoms with E-state index in [1.807, 2.05) is 0 Å². The number of aryl methyl sites for hydroxylation is 1. The molecule has 1 N–H and O–H groups in total. The maximum atomic E-state index is 11.9. The third-order valence-electron chi connectivity index (χ3n) is 1.34. The summed E-state index contributed by atoms with van der Waals surface area (Å²) in [4.78, 5) is 13.4. The fourth-order valence-electron chi connectivity index (χ4n) is 0.769. The Morgan fingerprint density at radius 2 is 2.38 bits per heavy atom. The second kappa shape index (κ2) is 3.97. The van der Waals surface area contributed by atoms with Crippen LogP contribution in [0.5, 0.6) is 0 Å². The summed E-state index contributed by atoms with van der Waals surface area (Å²) in [5, 5.41) is 8.28. The van der Waals surface area contributed by atoms with E-state index in [2.05, 4.69) is 9.40 Å². The number of carboxylic acids is 1. The summed E-state index contributed by atoms with van der Waals surface area (Å²) >= 11 is 0. The zero-order valence-electron chi connectivity index (χ0n) is 6.54. The topological polar surface area (TPSA) is 63.3 Å². The van der Waals surface area contributed by atoms with E-state index in [1.54, 1.807) is 0 Å². The molecule has 72 valence electrons. The number of aromatic nitrogens is 1. The van der Waals surface area contributed by atoms with Gasteiger partial charge in [0.25, 0.3) is 5.89 Å². The highest BCUT2D eigenvalue weighted by atomic mass is 19.3. The van der Waals surface area contributed by atoms with Gasteiger partial charge in [0.05, 0.1) is 12.6 Å². The van der Waals surface area contributed by atoms with Crippen LogP contribution in [0.25, 0.3) is 0 Å². The molecule has 1 aromatic heterocycles. The SMILES string of the molecule is O=C(O)CCc1cnc(C(F)F)o1. The number of oxazole rings is 1. The molecule has 13 heavy (non-hydrogen) atoms. The molecule has 0 aromatic carbocycles. The van der Waals surface area contributed by atoms with Crippen LogP contribution in [0.2, 0.25) is 0 Å². The Balaban J connectivity index is 2.54. The van der Waals surface area contributed by atoms with Crippen LogP contribution in [-0.2, 0) is 11.2 Å². The lowest BCUT2D eigenvalue weighted by Gasteiger charge is -1.91. The molecule has 0 atom stereocenters. The number of carboxylic acid groups (broad SMARTS) is 1. The van der Waals surface area contributed by atoms with Crippen LogP contribution in [0.4, 0.5) is 8.78 Å². The summed E-state index contributed by atoms with van der Waals surface area (Å²) in [5.74, 6) is -1.51. The Labute approximate surface area is 72.2 Å². The van der Waals surface area contributed by atoms with Crippen LogP contribution in [0, 0.1) is 0 Å². The Morgan fingerprint density at radius 3 is 2.85 bits per heavy atom. The van der Waals surface area contributed by atoms with Crippen molar-refractivity contribution in [2.75, 3.05) is 0 Å². The van der Waals surface area contributed by atoms with E-state index in [9.17, 15) is 13.6 Å². The van der Waals surface area contributed by atoms with Gasteiger partial charge in [-0.1, -0.05) is 0 Å². The molecule has 0 aliphatic heterocycles. The smallest absolute Gasteiger partial charge is 0.313 e. The quantitative estimate of drug-likeness (QED) is 0.785. The summed E-state index contributed by atoms with van der Waals surface area (Å²) in [5.41, 5.74) is 0. The van der Waals surface area contributed by atoms with Gasteiger partial charge in [0.1, 0.15) is 5.76 Å². The van der Waals surface area contributed by atoms with E-state index in [-0.39, 0.29) is 18.6 Å². The Hall–Kier alpha value is -1.46. The molecule has 0 fully saturated rings. The van der Waals surface area contributed by atoms with Crippen molar-refractivity contribution < 1.29 is 23.1 Å². The number of alkyl halides is 2. The molecule has 0 aliphatic rings. The molecule has 0 saturated heterocycles. The van der Waals surface area contributed by atoms with Crippen molar-refractivity contribution in [2.24, 2.45) is 0 Å². The summed E-state index contributed by atoms with van der Waals surface area (Å²) < 4.78 is 28.4. The predicted octanol–water partition coefficient (Wildman–Crippen LogP) is 1.63. The van der Waals surface area contributed by atoms with Gasteiger partial charge in [0.15, 0.2) is 0 Å². The van der Waals surface area contributed by atoms with Crippen molar-refractivity contribution in [3.63, 3.8) is 0 Å². The van der Waals surface area contributed by atoms with E-state index in [4.69, 9.17) is 5.11 Å². The van der Waals surface area contributed by atoms with Crippen LogP contribution in [0.1, 0.15) is 24.5 Å². The van der Waals surface area contributed by atoms with E-state index in [0.29, 0.717) is 0 Å². The van der Waals surface area contributed by atoms with Gasteiger partial charge in [0.2, 0.25) is 0 Å². The molecule has 1 heterocycles. The first-order valence-electron chi connectivity index (χ1n) is 3.54. The molecule has 0 radical (unpaired) electrons. The third kappa shape index (κ3) is 2.81. The predicted molar refractivity (Wildman–Crippen MR) is 37.4 cm³/mol. The molecule has 1 aromatic rings. The zero-order chi connectivity index (χ0) is 9.84. The molecule has 0 saturated carbocycles. The second-order valence-corrected chi connectivity index (χ2v) is 2.36. The minimum absolute atomic E-state index is 0.0784. The average molecular weight is 191 g/mol. The lowest BCUT2D eigenvalue weighted by atomic mass is 10.3. The third-order valence-corrected chi connectivity index (χ3v) is 1.34. The highest BCUT2D eigenvalue weighted by Crippen LogP contribution is 2.18. The van der Waals surface area contributed by atoms with E-state index in [0.717, 1.165) is 6.20 Å². The van der Waals surface area contributed by atoms with Gasteiger partial charge in [-0.2, -0.15) is 8.78 Å². The van der Waals surface area contributed by atoms with Gasteiger partial charge in [0, 0.05) is 6.42 Å². The first-order chi connectivity index (χ1) is 6.09. The molecular formula is C7H7F2NO3. The van der Waals surface area contributed by atoms with Crippen LogP contribution >= 0.6 is 0 Å². The van der Waals surface area contributed by atoms with Gasteiger partial charge in [-0.3, -0.25) is 4.79 Å². The van der Waals surface area contributed by atoms with Crippen LogP contribution in [0.3, 0.4) is 0 Å². The van der Waals surface area contributed by atoms with Crippen molar-refractivity contribution >= 4 is 5.97 Å². The Morgan fingerprint density at radius 1 is 1.69 bits per heavy atom. The number of nitrogens with zero attached hydrogens (tertiary/aromatic N) is 1. The Kier molecular flexibility index (Phi) is 2.94. The van der Waals surface area contributed by atoms with Gasteiger partial charge >= 0.3 is 12.4 Å². The van der Waals surface area contributed by atoms with Crippen molar-refractivity contribution in [3.8, 4) is 0 Å². The van der Waals surface area contributed by atoms with Crippen LogP contribution in [-0.4, -0.2) is 16.1 Å². The largest absolute Gasteiger partial charge is 0.481 e. The number of halogens is 2. The molecule has 0 aliphatic carbocycles. The van der Waals surface area contributed by atoms with Gasteiger partial charge in [-0.05, 0) is 0 Å². The van der Waals surface area contributed by atoms with Crippen molar-refractivity contribution in [1.82, 2.24) is 4.98 Å². The zero-order valence-corrected chi connectivity index (χ0v) is 6.54. The standard InChI is InChI=1S/C7H7F2NO3/c8-6(9)7-10-3-4(13-7)1-2-5(11)12/h3,6H,1-2H2,(H,11,12). The van der Waals surface area contributed by atoms with E-state index in [1.165, 1.54) is 0 Å². The molecule has 1 rings (SSSR count). The highest BCUT2D eigenvalue weighted by molar-refractivity contribution is 5.66. The van der Waals surface area contributed by atoms with Crippen molar-refractivity contribution in [3.05, 3.63) is 17.8 Å². The van der Waals surface area contributed by atoms with Gasteiger partial charge < -0.3 is 9.52 Å². The first kappa shape index (κ1) is 9.63. The van der Waals surface area contributed by atoms with Gasteiger partial charge in [-0.25, -0.2) is 4.98 Å². The maximum Gasteiger partial charge on any atom is 0.313 e. The summed E-state index contributed by atoms with van der Waals surface area (Å²) in [7, 11) is 0. The summed E-state index contributed by atoms with van der Waals surface area (Å²) in [6.45, 7) is 0. The minimum Gasteiger partial charge on any atom is -0.481 e. The molecule has 0 spiro atoms. The number of rotatable bonds is 4. The van der Waals surface area contributed by atoms with Crippen LogP contribution in [0.15, 0.2) is 10.6 Å². The lowest BCUT2D eigenvalue weighted by Crippen LogP contribution is -1.96. The molecule has 0 bridgehead atoms. The Bertz CT molecular complexity index is 298. The molecular weight excluding hydrogens is 184 g/mol. The minimum atomic E-state index is -2.75. The van der Waals surface area contributed by atoms with E-state index >= 15 is 0 Å².